The smallest absolute Gasteiger partial charge is 0.0516 e. The summed E-state index contributed by atoms with van der Waals surface area (Å²) in [6.07, 6.45) is 0. The molecule has 4 heavy (non-hydrogen) atoms. The van der Waals surface area contributed by atoms with Crippen molar-refractivity contribution in [1.82, 2.24) is 0 Å². The van der Waals surface area contributed by atoms with Crippen LogP contribution in [0.15, 0.2) is 0 Å². The molecule has 0 aliphatic heterocycles. The second-order valence-corrected chi connectivity index (χ2v) is 4.55. The van der Waals surface area contributed by atoms with Gasteiger partial charge in [-0.1, -0.05) is 45.2 Å². The zero-order chi connectivity index (χ0) is 2.71. The SMILES string of the molecule is ICI.[Sm]. The first-order chi connectivity index (χ1) is 1.41. The molecule has 0 amide bonds. The van der Waals surface area contributed by atoms with Crippen molar-refractivity contribution < 1.29 is 40.4 Å². The van der Waals surface area contributed by atoms with Crippen LogP contribution in [0.5, 0.6) is 0 Å². The van der Waals surface area contributed by atoms with Crippen molar-refractivity contribution in [2.75, 3.05) is 2.43 Å². The second-order valence-electron chi connectivity index (χ2n) is 0.101. The molecule has 0 radical (unpaired) electrons. The molecule has 0 bridgehead atoms. The molecule has 0 heterocycles. The molecular weight excluding hydrogens is 416 g/mol. The number of halogens is 2. The summed E-state index contributed by atoms with van der Waals surface area (Å²) in [4.78, 5) is 0. The molecule has 26 valence electrons. The molecule has 0 aromatic heterocycles. The van der Waals surface area contributed by atoms with Crippen molar-refractivity contribution in [1.29, 1.82) is 0 Å². The molecule has 0 unspecified atom stereocenters. The minimum atomic E-state index is 0. The second kappa shape index (κ2) is 9.25. The summed E-state index contributed by atoms with van der Waals surface area (Å²) in [6, 6.07) is 0. The van der Waals surface area contributed by atoms with Crippen LogP contribution in [0.25, 0.3) is 0 Å². The Bertz CT molecular complexity index is 6.00. The summed E-state index contributed by atoms with van der Waals surface area (Å²) >= 11 is 4.55. The minimum Gasteiger partial charge on any atom is -0.0748 e. The Balaban J connectivity index is 0. The van der Waals surface area contributed by atoms with E-state index in [1.54, 1.807) is 0 Å². The molecule has 0 fully saturated rings. The molecule has 0 rings (SSSR count). The van der Waals surface area contributed by atoms with Gasteiger partial charge in [0.15, 0.2) is 0 Å². The van der Waals surface area contributed by atoms with Crippen LogP contribution in [-0.2, 0) is 0 Å². The Labute approximate surface area is 85.9 Å². The van der Waals surface area contributed by atoms with Gasteiger partial charge in [-0.2, -0.15) is 0 Å². The van der Waals surface area contributed by atoms with Gasteiger partial charge in [0.25, 0.3) is 0 Å². The van der Waals surface area contributed by atoms with E-state index in [4.69, 9.17) is 0 Å². The van der Waals surface area contributed by atoms with Crippen molar-refractivity contribution >= 4 is 45.2 Å². The van der Waals surface area contributed by atoms with E-state index >= 15 is 0 Å². The van der Waals surface area contributed by atoms with Gasteiger partial charge in [-0.25, -0.2) is 0 Å². The third-order valence-electron chi connectivity index (χ3n) is 0. The van der Waals surface area contributed by atoms with E-state index in [-0.39, 0.29) is 40.4 Å². The molecule has 0 N–H and O–H groups in total. The summed E-state index contributed by atoms with van der Waals surface area (Å²) in [5, 5.41) is 0. The fourth-order valence-electron chi connectivity index (χ4n) is 0. The van der Waals surface area contributed by atoms with Crippen LogP contribution in [0, 0.1) is 40.4 Å². The van der Waals surface area contributed by atoms with E-state index in [1.807, 2.05) is 0 Å². The van der Waals surface area contributed by atoms with Gasteiger partial charge in [0.2, 0.25) is 0 Å². The minimum absolute atomic E-state index is 0. The van der Waals surface area contributed by atoms with Gasteiger partial charge in [0.1, 0.15) is 0 Å². The van der Waals surface area contributed by atoms with Crippen LogP contribution < -0.4 is 0 Å². The van der Waals surface area contributed by atoms with Crippen LogP contribution in [-0.4, -0.2) is 2.43 Å². The van der Waals surface area contributed by atoms with Crippen molar-refractivity contribution in [3.8, 4) is 0 Å². The van der Waals surface area contributed by atoms with Crippen LogP contribution in [0.4, 0.5) is 0 Å². The van der Waals surface area contributed by atoms with Crippen LogP contribution >= 0.6 is 45.2 Å². The van der Waals surface area contributed by atoms with Gasteiger partial charge in [-0.15, -0.1) is 0 Å². The van der Waals surface area contributed by atoms with Crippen LogP contribution in [0.1, 0.15) is 0 Å². The quantitative estimate of drug-likeness (QED) is 0.416. The predicted octanol–water partition coefficient (Wildman–Crippen LogP) is 1.81. The fourth-order valence-corrected chi connectivity index (χ4v) is 0. The summed E-state index contributed by atoms with van der Waals surface area (Å²) < 4.78 is 1.19. The van der Waals surface area contributed by atoms with Crippen molar-refractivity contribution in [2.45, 2.75) is 0 Å². The van der Waals surface area contributed by atoms with Crippen LogP contribution in [0.3, 0.4) is 0 Å². The van der Waals surface area contributed by atoms with Crippen LogP contribution in [0.2, 0.25) is 0 Å². The molecule has 0 saturated carbocycles. The predicted molar refractivity (Wildman–Crippen MR) is 32.9 cm³/mol. The van der Waals surface area contributed by atoms with E-state index < -0.39 is 0 Å². The molecule has 0 spiro atoms. The third kappa shape index (κ3) is 8.84. The maximum atomic E-state index is 2.28. The maximum absolute atomic E-state index is 2.28. The van der Waals surface area contributed by atoms with Gasteiger partial charge in [0.05, 0.1) is 2.43 Å². The van der Waals surface area contributed by atoms with Crippen molar-refractivity contribution in [2.24, 2.45) is 0 Å². The molecule has 0 aromatic rings. The number of alkyl halides is 2. The zero-order valence-electron chi connectivity index (χ0n) is 1.87. The molecule has 0 atom stereocenters. The standard InChI is InChI=1S/CH2I2.Sm/c2-1-3;/h1H2;. The summed E-state index contributed by atoms with van der Waals surface area (Å²) in [5.74, 6) is 0. The van der Waals surface area contributed by atoms with Gasteiger partial charge >= 0.3 is 0 Å². The van der Waals surface area contributed by atoms with Crippen molar-refractivity contribution in [3.05, 3.63) is 0 Å². The van der Waals surface area contributed by atoms with Gasteiger partial charge < -0.3 is 0 Å². The number of hydrogen-bond donors (Lipinski definition) is 0. The average Bonchev–Trinajstić information content (AvgIpc) is 0.918. The molecule has 0 aromatic carbocycles. The molecule has 0 aliphatic rings. The molecule has 0 aliphatic carbocycles. The van der Waals surface area contributed by atoms with E-state index in [1.165, 1.54) is 2.43 Å². The van der Waals surface area contributed by atoms with E-state index in [0.29, 0.717) is 0 Å². The first kappa shape index (κ1) is 9.93. The molecular formula is CH2I2Sm. The summed E-state index contributed by atoms with van der Waals surface area (Å²) in [6.45, 7) is 0. The molecule has 3 heteroatoms. The number of rotatable bonds is 0. The Hall–Kier alpha value is 2.80. The maximum Gasteiger partial charge on any atom is 0.0516 e. The summed E-state index contributed by atoms with van der Waals surface area (Å²) in [7, 11) is 0. The summed E-state index contributed by atoms with van der Waals surface area (Å²) in [5.41, 5.74) is 0. The Morgan fingerprint density at radius 3 is 1.25 bits per heavy atom. The number of hydrogen-bond acceptors (Lipinski definition) is 0. The fraction of sp³-hybridized carbons (Fsp3) is 1.00. The first-order valence-electron chi connectivity index (χ1n) is 0.535. The molecule has 0 saturated heterocycles. The van der Waals surface area contributed by atoms with E-state index in [9.17, 15) is 0 Å². The monoisotopic (exact) mass is 420 g/mol. The third-order valence-corrected chi connectivity index (χ3v) is 0. The Kier molecular flexibility index (Phi) is 23.0. The molecule has 0 nitrogen and oxygen atoms in total. The Morgan fingerprint density at radius 1 is 1.25 bits per heavy atom. The Morgan fingerprint density at radius 2 is 1.25 bits per heavy atom. The van der Waals surface area contributed by atoms with E-state index in [0.717, 1.165) is 0 Å². The van der Waals surface area contributed by atoms with Crippen molar-refractivity contribution in [3.63, 3.8) is 0 Å². The topological polar surface area (TPSA) is 0 Å². The first-order valence-corrected chi connectivity index (χ1v) is 3.59. The van der Waals surface area contributed by atoms with Gasteiger partial charge in [-0.05, 0) is 0 Å². The largest absolute Gasteiger partial charge is 0.0748 e. The average molecular weight is 418 g/mol. The zero-order valence-corrected chi connectivity index (χ0v) is 8.81. The normalized spacial score (nSPS) is 4.50. The van der Waals surface area contributed by atoms with Gasteiger partial charge in [-0.3, -0.25) is 0 Å². The van der Waals surface area contributed by atoms with E-state index in [2.05, 4.69) is 45.2 Å². The van der Waals surface area contributed by atoms with Gasteiger partial charge in [0, 0.05) is 40.4 Å².